The molecule has 0 bridgehead atoms. The average Bonchev–Trinajstić information content (AvgIpc) is 2.91. The summed E-state index contributed by atoms with van der Waals surface area (Å²) in [5, 5.41) is 14.9. The van der Waals surface area contributed by atoms with Crippen LogP contribution in [0.25, 0.3) is 0 Å². The molecule has 10 nitrogen and oxygen atoms in total. The van der Waals surface area contributed by atoms with E-state index in [1.54, 1.807) is 39.0 Å². The van der Waals surface area contributed by atoms with Crippen LogP contribution >= 0.6 is 23.2 Å². The normalized spacial score (nSPS) is 12.1. The van der Waals surface area contributed by atoms with Gasteiger partial charge in [0.1, 0.15) is 12.6 Å². The molecule has 0 aliphatic carbocycles. The second-order valence-electron chi connectivity index (χ2n) is 10.1. The molecule has 3 aromatic carbocycles. The molecule has 0 radical (unpaired) electrons. The van der Waals surface area contributed by atoms with Crippen LogP contribution in [0, 0.1) is 17.0 Å². The zero-order valence-corrected chi connectivity index (χ0v) is 25.9. The molecular weight excluding hydrogens is 603 g/mol. The first-order valence-electron chi connectivity index (χ1n) is 13.0. The van der Waals surface area contributed by atoms with E-state index in [0.29, 0.717) is 16.1 Å². The van der Waals surface area contributed by atoms with Gasteiger partial charge in [-0.15, -0.1) is 0 Å². The number of nitrogens with zero attached hydrogens (tertiary/aromatic N) is 3. The highest BCUT2D eigenvalue weighted by atomic mass is 35.5. The summed E-state index contributed by atoms with van der Waals surface area (Å²) in [5.41, 5.74) is 1.41. The van der Waals surface area contributed by atoms with E-state index < -0.39 is 39.3 Å². The number of nitro benzene ring substituents is 1. The van der Waals surface area contributed by atoms with Crippen molar-refractivity contribution in [1.29, 1.82) is 0 Å². The van der Waals surface area contributed by atoms with E-state index in [1.807, 2.05) is 30.3 Å². The van der Waals surface area contributed by atoms with Crippen LogP contribution in [0.2, 0.25) is 10.0 Å². The van der Waals surface area contributed by atoms with Gasteiger partial charge in [0.2, 0.25) is 21.8 Å². The van der Waals surface area contributed by atoms with Crippen molar-refractivity contribution in [1.82, 2.24) is 10.2 Å². The summed E-state index contributed by atoms with van der Waals surface area (Å²) in [6, 6.07) is 16.4. The summed E-state index contributed by atoms with van der Waals surface area (Å²) >= 11 is 12.3. The van der Waals surface area contributed by atoms with Gasteiger partial charge in [0, 0.05) is 31.1 Å². The van der Waals surface area contributed by atoms with Crippen molar-refractivity contribution in [3.63, 3.8) is 0 Å². The van der Waals surface area contributed by atoms with E-state index in [9.17, 15) is 28.1 Å². The van der Waals surface area contributed by atoms with E-state index in [2.05, 4.69) is 5.32 Å². The van der Waals surface area contributed by atoms with Crippen molar-refractivity contribution in [2.24, 2.45) is 0 Å². The first kappa shape index (κ1) is 32.8. The van der Waals surface area contributed by atoms with Crippen LogP contribution in [0.4, 0.5) is 11.4 Å². The number of hydrogen-bond acceptors (Lipinski definition) is 6. The lowest BCUT2D eigenvalue weighted by Gasteiger charge is -2.34. The molecule has 3 rings (SSSR count). The molecule has 0 spiro atoms. The number of aryl methyl sites for hydroxylation is 1. The highest BCUT2D eigenvalue weighted by molar-refractivity contribution is 7.92. The minimum Gasteiger partial charge on any atom is -0.352 e. The Bertz CT molecular complexity index is 1570. The van der Waals surface area contributed by atoms with Crippen LogP contribution in [0.5, 0.6) is 0 Å². The van der Waals surface area contributed by atoms with Crippen LogP contribution in [0.1, 0.15) is 30.5 Å². The Hall–Kier alpha value is -3.67. The van der Waals surface area contributed by atoms with Gasteiger partial charge in [-0.3, -0.25) is 24.0 Å². The smallest absolute Gasteiger partial charge is 0.271 e. The van der Waals surface area contributed by atoms with Crippen molar-refractivity contribution < 1.29 is 22.9 Å². The van der Waals surface area contributed by atoms with Gasteiger partial charge in [0.25, 0.3) is 5.69 Å². The molecule has 13 heteroatoms. The van der Waals surface area contributed by atoms with Gasteiger partial charge in [0.05, 0.1) is 26.9 Å². The van der Waals surface area contributed by atoms with Gasteiger partial charge in [-0.25, -0.2) is 8.42 Å². The maximum atomic E-state index is 14.1. The topological polar surface area (TPSA) is 130 Å². The molecule has 0 saturated heterocycles. The fraction of sp³-hybridized carbons (Fsp3) is 0.310. The standard InChI is InChI=1S/C29H32Cl2N4O6S/c1-19(2)32-29(37)27(15-21-8-6-5-7-9-21)33(17-22-11-13-24(30)25(31)14-22)28(36)18-34(42(4,40)41)26-16-23(35(38)39)12-10-20(26)3/h5-14,16,19,27H,15,17-18H2,1-4H3,(H,32,37). The zero-order valence-electron chi connectivity index (χ0n) is 23.6. The Morgan fingerprint density at radius 2 is 1.64 bits per heavy atom. The quantitative estimate of drug-likeness (QED) is 0.217. The zero-order chi connectivity index (χ0) is 31.2. The Morgan fingerprint density at radius 3 is 2.21 bits per heavy atom. The number of halogens is 2. The maximum Gasteiger partial charge on any atom is 0.271 e. The lowest BCUT2D eigenvalue weighted by molar-refractivity contribution is -0.384. The fourth-order valence-corrected chi connectivity index (χ4v) is 5.56. The van der Waals surface area contributed by atoms with Gasteiger partial charge in [-0.1, -0.05) is 65.7 Å². The van der Waals surface area contributed by atoms with Crippen LogP contribution in [-0.4, -0.2) is 54.9 Å². The van der Waals surface area contributed by atoms with Crippen molar-refractivity contribution in [2.45, 2.75) is 45.8 Å². The Morgan fingerprint density at radius 1 is 0.976 bits per heavy atom. The van der Waals surface area contributed by atoms with Gasteiger partial charge in [-0.2, -0.15) is 0 Å². The van der Waals surface area contributed by atoms with Crippen molar-refractivity contribution in [3.8, 4) is 0 Å². The fourth-order valence-electron chi connectivity index (χ4n) is 4.34. The lowest BCUT2D eigenvalue weighted by Crippen LogP contribution is -2.54. The van der Waals surface area contributed by atoms with E-state index >= 15 is 0 Å². The highest BCUT2D eigenvalue weighted by Crippen LogP contribution is 2.29. The van der Waals surface area contributed by atoms with Gasteiger partial charge < -0.3 is 10.2 Å². The highest BCUT2D eigenvalue weighted by Gasteiger charge is 2.34. The van der Waals surface area contributed by atoms with Crippen LogP contribution in [0.15, 0.2) is 66.7 Å². The average molecular weight is 636 g/mol. The number of anilines is 1. The molecule has 42 heavy (non-hydrogen) atoms. The molecule has 0 aliphatic rings. The minimum atomic E-state index is -4.10. The second kappa shape index (κ2) is 14.0. The largest absolute Gasteiger partial charge is 0.352 e. The minimum absolute atomic E-state index is 0.0132. The third-order valence-corrected chi connectivity index (χ3v) is 8.26. The number of hydrogen-bond donors (Lipinski definition) is 1. The number of non-ortho nitro benzene ring substituents is 1. The van der Waals surface area contributed by atoms with Gasteiger partial charge in [0.15, 0.2) is 0 Å². The Balaban J connectivity index is 2.12. The SMILES string of the molecule is Cc1ccc([N+](=O)[O-])cc1N(CC(=O)N(Cc1ccc(Cl)c(Cl)c1)C(Cc1ccccc1)C(=O)NC(C)C)S(C)(=O)=O. The molecule has 0 aromatic heterocycles. The number of nitrogens with one attached hydrogen (secondary N) is 1. The van der Waals surface area contributed by atoms with E-state index in [-0.39, 0.29) is 35.4 Å². The van der Waals surface area contributed by atoms with Crippen molar-refractivity contribution >= 4 is 56.4 Å². The second-order valence-corrected chi connectivity index (χ2v) is 12.9. The van der Waals surface area contributed by atoms with E-state index in [1.165, 1.54) is 17.0 Å². The predicted octanol–water partition coefficient (Wildman–Crippen LogP) is 5.14. The molecule has 1 atom stereocenters. The summed E-state index contributed by atoms with van der Waals surface area (Å²) in [5.74, 6) is -1.13. The predicted molar refractivity (Wildman–Crippen MR) is 164 cm³/mol. The third kappa shape index (κ3) is 8.67. The molecule has 0 saturated carbocycles. The number of carbonyl (C=O) groups excluding carboxylic acids is 2. The van der Waals surface area contributed by atoms with Crippen molar-refractivity contribution in [2.75, 3.05) is 17.1 Å². The summed E-state index contributed by atoms with van der Waals surface area (Å²) in [4.78, 5) is 39.8. The number of sulfonamides is 1. The lowest BCUT2D eigenvalue weighted by atomic mass is 10.0. The summed E-state index contributed by atoms with van der Waals surface area (Å²) in [6.07, 6.45) is 1.05. The Labute approximate surface area is 255 Å². The summed E-state index contributed by atoms with van der Waals surface area (Å²) in [7, 11) is -4.10. The number of benzene rings is 3. The molecule has 224 valence electrons. The number of amides is 2. The molecule has 1 unspecified atom stereocenters. The first-order chi connectivity index (χ1) is 19.7. The number of nitro groups is 1. The summed E-state index contributed by atoms with van der Waals surface area (Å²) in [6.45, 7) is 4.37. The molecule has 0 fully saturated rings. The number of rotatable bonds is 12. The number of carbonyl (C=O) groups is 2. The van der Waals surface area contributed by atoms with Gasteiger partial charge >= 0.3 is 0 Å². The molecule has 1 N–H and O–H groups in total. The third-order valence-electron chi connectivity index (χ3n) is 6.39. The summed E-state index contributed by atoms with van der Waals surface area (Å²) < 4.78 is 26.8. The molecule has 0 aliphatic heterocycles. The molecule has 2 amide bonds. The van der Waals surface area contributed by atoms with E-state index in [0.717, 1.165) is 22.2 Å². The molecular formula is C29H32Cl2N4O6S. The first-order valence-corrected chi connectivity index (χ1v) is 15.6. The van der Waals surface area contributed by atoms with Gasteiger partial charge in [-0.05, 0) is 49.6 Å². The van der Waals surface area contributed by atoms with Crippen LogP contribution < -0.4 is 9.62 Å². The van der Waals surface area contributed by atoms with Crippen molar-refractivity contribution in [3.05, 3.63) is 104 Å². The molecule has 3 aromatic rings. The maximum absolute atomic E-state index is 14.1. The monoisotopic (exact) mass is 634 g/mol. The van der Waals surface area contributed by atoms with Crippen LogP contribution in [-0.2, 0) is 32.6 Å². The van der Waals surface area contributed by atoms with Crippen LogP contribution in [0.3, 0.4) is 0 Å². The molecule has 0 heterocycles. The Kier molecular flexibility index (Phi) is 10.9. The van der Waals surface area contributed by atoms with E-state index in [4.69, 9.17) is 23.2 Å².